The first-order valence-electron chi connectivity index (χ1n) is 11.2. The van der Waals surface area contributed by atoms with Gasteiger partial charge in [0, 0.05) is 12.3 Å². The second-order valence-electron chi connectivity index (χ2n) is 8.82. The van der Waals surface area contributed by atoms with E-state index < -0.39 is 73.6 Å². The van der Waals surface area contributed by atoms with Gasteiger partial charge in [-0.3, -0.25) is 23.7 Å². The molecule has 1 aromatic heterocycles. The monoisotopic (exact) mass is 547 g/mol. The zero-order valence-electron chi connectivity index (χ0n) is 20.4. The van der Waals surface area contributed by atoms with Gasteiger partial charge in [0.05, 0.1) is 12.7 Å². The molecule has 6 atom stereocenters. The van der Waals surface area contributed by atoms with Gasteiger partial charge in [-0.2, -0.15) is 5.09 Å². The predicted octanol–water partition coefficient (Wildman–Crippen LogP) is 1.80. The highest BCUT2D eigenvalue weighted by Gasteiger charge is 2.55. The summed E-state index contributed by atoms with van der Waals surface area (Å²) in [5.74, 6) is -1.44. The summed E-state index contributed by atoms with van der Waals surface area (Å²) in [6.07, 6.45) is -4.44. The van der Waals surface area contributed by atoms with Crippen LogP contribution in [0.1, 0.15) is 33.9 Å². The molecule has 1 aliphatic rings. The highest BCUT2D eigenvalue weighted by Crippen LogP contribution is 2.47. The van der Waals surface area contributed by atoms with Crippen molar-refractivity contribution in [2.45, 2.75) is 63.9 Å². The molecule has 204 valence electrons. The number of benzene rings is 1. The third-order valence-corrected chi connectivity index (χ3v) is 6.97. The number of H-pyrrole nitrogens is 1. The van der Waals surface area contributed by atoms with Gasteiger partial charge in [0.2, 0.25) is 0 Å². The van der Waals surface area contributed by atoms with E-state index in [1.165, 1.54) is 19.1 Å². The number of nitrogens with zero attached hydrogens (tertiary/aromatic N) is 1. The minimum Gasteiger partial charge on any atom is -0.462 e. The summed E-state index contributed by atoms with van der Waals surface area (Å²) in [6.45, 7) is 4.84. The zero-order valence-corrected chi connectivity index (χ0v) is 21.3. The molecule has 37 heavy (non-hydrogen) atoms. The molecule has 1 aliphatic heterocycles. The maximum atomic E-state index is 15.4. The summed E-state index contributed by atoms with van der Waals surface area (Å²) in [7, 11) is -4.44. The Morgan fingerprint density at radius 2 is 1.92 bits per heavy atom. The first-order valence-corrected chi connectivity index (χ1v) is 12.8. The third kappa shape index (κ3) is 6.90. The van der Waals surface area contributed by atoms with Crippen molar-refractivity contribution >= 4 is 13.7 Å². The number of aromatic amines is 1. The number of alkyl halides is 1. The molecule has 0 spiro atoms. The van der Waals surface area contributed by atoms with E-state index in [2.05, 4.69) is 5.09 Å². The first kappa shape index (κ1) is 28.7. The molecule has 1 fully saturated rings. The quantitative estimate of drug-likeness (QED) is 0.296. The van der Waals surface area contributed by atoms with Crippen molar-refractivity contribution < 1.29 is 41.8 Å². The van der Waals surface area contributed by atoms with Crippen LogP contribution in [-0.2, 0) is 23.4 Å². The van der Waals surface area contributed by atoms with Gasteiger partial charge in [0.25, 0.3) is 5.56 Å². The lowest BCUT2D eigenvalue weighted by Crippen LogP contribution is -2.43. The van der Waals surface area contributed by atoms with Gasteiger partial charge in [0.15, 0.2) is 11.9 Å². The summed E-state index contributed by atoms with van der Waals surface area (Å²) in [4.78, 5) is 37.7. The molecule has 3 rings (SSSR count). The lowest BCUT2D eigenvalue weighted by atomic mass is 9.98. The van der Waals surface area contributed by atoms with Gasteiger partial charge in [0.1, 0.15) is 29.8 Å². The van der Waals surface area contributed by atoms with Crippen LogP contribution in [0.25, 0.3) is 0 Å². The van der Waals surface area contributed by atoms with Gasteiger partial charge in [-0.05, 0) is 52.0 Å². The number of ether oxygens (including phenoxy) is 2. The fourth-order valence-electron chi connectivity index (χ4n) is 3.48. The van der Waals surface area contributed by atoms with E-state index >= 15 is 4.39 Å². The Hall–Kier alpha value is -2.90. The Labute approximate surface area is 210 Å². The van der Waals surface area contributed by atoms with Gasteiger partial charge in [-0.25, -0.2) is 18.1 Å². The lowest BCUT2D eigenvalue weighted by molar-refractivity contribution is -0.149. The van der Waals surface area contributed by atoms with Crippen LogP contribution in [0.5, 0.6) is 5.75 Å². The van der Waals surface area contributed by atoms with Crippen LogP contribution in [0.2, 0.25) is 0 Å². The van der Waals surface area contributed by atoms with E-state index in [4.69, 9.17) is 18.5 Å². The molecule has 0 aliphatic carbocycles. The maximum Gasteiger partial charge on any atom is 0.459 e. The molecule has 3 N–H and O–H groups in total. The van der Waals surface area contributed by atoms with Crippen molar-refractivity contribution in [3.63, 3.8) is 0 Å². The fraction of sp³-hybridized carbons (Fsp3) is 0.500. The summed E-state index contributed by atoms with van der Waals surface area (Å²) < 4.78 is 64.4. The number of carbonyl (C=O) groups is 1. The van der Waals surface area contributed by atoms with Crippen LogP contribution in [0.15, 0.2) is 46.1 Å². The van der Waals surface area contributed by atoms with Crippen LogP contribution in [-0.4, -0.2) is 57.3 Å². The summed E-state index contributed by atoms with van der Waals surface area (Å²) in [6, 6.07) is 4.21. The summed E-state index contributed by atoms with van der Waals surface area (Å²) in [5.41, 5.74) is -4.21. The molecule has 1 saturated heterocycles. The van der Waals surface area contributed by atoms with Crippen molar-refractivity contribution in [2.75, 3.05) is 6.61 Å². The van der Waals surface area contributed by atoms with E-state index in [9.17, 15) is 28.4 Å². The minimum absolute atomic E-state index is 0.0810. The molecule has 15 heteroatoms. The lowest BCUT2D eigenvalue weighted by Gasteiger charge is -2.25. The number of hydrogen-bond acceptors (Lipinski definition) is 9. The van der Waals surface area contributed by atoms with E-state index in [-0.39, 0.29) is 5.75 Å². The van der Waals surface area contributed by atoms with Gasteiger partial charge >= 0.3 is 19.4 Å². The van der Waals surface area contributed by atoms with Crippen LogP contribution in [0.4, 0.5) is 8.78 Å². The topological polar surface area (TPSA) is 158 Å². The Bertz CT molecular complexity index is 1270. The minimum atomic E-state index is -4.44. The second-order valence-corrected chi connectivity index (χ2v) is 10.5. The number of nitrogens with one attached hydrogen (secondary N) is 2. The molecule has 2 aromatic rings. The van der Waals surface area contributed by atoms with E-state index in [0.29, 0.717) is 0 Å². The summed E-state index contributed by atoms with van der Waals surface area (Å²) >= 11 is 0. The first-order chi connectivity index (χ1) is 17.2. The highest BCUT2D eigenvalue weighted by molar-refractivity contribution is 7.52. The molecule has 2 unspecified atom stereocenters. The Morgan fingerprint density at radius 3 is 2.51 bits per heavy atom. The number of halogens is 2. The highest BCUT2D eigenvalue weighted by atomic mass is 31.2. The van der Waals surface area contributed by atoms with E-state index in [1.807, 2.05) is 4.98 Å². The molecule has 2 heterocycles. The number of hydrogen-bond donors (Lipinski definition) is 3. The molecule has 0 radical (unpaired) electrons. The van der Waals surface area contributed by atoms with Crippen molar-refractivity contribution in [1.82, 2.24) is 14.6 Å². The Balaban J connectivity index is 1.81. The number of aromatic nitrogens is 2. The number of aliphatic hydroxyl groups excluding tert-OH is 1. The third-order valence-electron chi connectivity index (χ3n) is 5.33. The largest absolute Gasteiger partial charge is 0.462 e. The van der Waals surface area contributed by atoms with E-state index in [1.54, 1.807) is 13.8 Å². The second kappa shape index (κ2) is 11.2. The fourth-order valence-corrected chi connectivity index (χ4v) is 4.98. The molecular formula is C22H28F2N3O9P. The molecule has 12 nitrogen and oxygen atoms in total. The number of esters is 1. The predicted molar refractivity (Wildman–Crippen MR) is 125 cm³/mol. The number of carbonyl (C=O) groups excluding carboxylic acids is 1. The maximum absolute atomic E-state index is 15.4. The van der Waals surface area contributed by atoms with Crippen LogP contribution in [0.3, 0.4) is 0 Å². The average molecular weight is 547 g/mol. The number of aliphatic hydroxyl groups is 1. The van der Waals surface area contributed by atoms with Crippen LogP contribution in [0, 0.1) is 5.82 Å². The van der Waals surface area contributed by atoms with Crippen LogP contribution >= 0.6 is 7.75 Å². The van der Waals surface area contributed by atoms with Crippen molar-refractivity contribution in [3.05, 3.63) is 63.2 Å². The van der Waals surface area contributed by atoms with Gasteiger partial charge in [-0.15, -0.1) is 0 Å². The normalized spacial score (nSPS) is 26.0. The molecule has 1 aromatic carbocycles. The van der Waals surface area contributed by atoms with Crippen molar-refractivity contribution in [2.24, 2.45) is 0 Å². The smallest absolute Gasteiger partial charge is 0.459 e. The van der Waals surface area contributed by atoms with Crippen molar-refractivity contribution in [1.29, 1.82) is 0 Å². The SMILES string of the molecule is CC(C)OC(=O)[C@H](C)NP(=O)(OCC1O[C@@H](n2ccc(=O)[nH]c2=O)[C@](C)(F)[C@@H]1O)Oc1ccc(F)cc1. The van der Waals surface area contributed by atoms with Crippen LogP contribution < -0.4 is 20.9 Å². The molecular weight excluding hydrogens is 519 g/mol. The van der Waals surface area contributed by atoms with Gasteiger partial charge < -0.3 is 19.1 Å². The Morgan fingerprint density at radius 1 is 1.27 bits per heavy atom. The molecule has 0 amide bonds. The Kier molecular flexibility index (Phi) is 8.70. The molecule has 0 saturated carbocycles. The zero-order chi connectivity index (χ0) is 27.5. The average Bonchev–Trinajstić information content (AvgIpc) is 3.02. The van der Waals surface area contributed by atoms with E-state index in [0.717, 1.165) is 35.9 Å². The number of rotatable bonds is 10. The summed E-state index contributed by atoms with van der Waals surface area (Å²) in [5, 5.41) is 12.9. The molecule has 0 bridgehead atoms. The van der Waals surface area contributed by atoms with Crippen molar-refractivity contribution in [3.8, 4) is 5.75 Å². The van der Waals surface area contributed by atoms with Gasteiger partial charge in [-0.1, -0.05) is 0 Å². The standard InChI is InChI=1S/C22H28F2N3O9P/c1-12(2)34-19(30)13(3)26-37(32,36-15-7-5-14(23)6-8-15)33-11-16-18(29)22(4,24)20(35-16)27-10-9-17(28)25-21(27)31/h5-10,12-13,16,18,20,29H,11H2,1-4H3,(H,26,32)(H,25,28,31)/t13-,16?,18+,20+,22+,37?/m0/s1.